The third kappa shape index (κ3) is 2.26. The first-order valence-electron chi connectivity index (χ1n) is 3.95. The summed E-state index contributed by atoms with van der Waals surface area (Å²) in [7, 11) is 0. The molecule has 0 aromatic carbocycles. The normalized spacial score (nSPS) is 10.9. The van der Waals surface area contributed by atoms with Gasteiger partial charge in [0.25, 0.3) is 0 Å². The molecule has 15 heavy (non-hydrogen) atoms. The number of aromatic nitrogens is 2. The van der Waals surface area contributed by atoms with Gasteiger partial charge in [0, 0.05) is 0 Å². The van der Waals surface area contributed by atoms with E-state index in [1.807, 2.05) is 0 Å². The molecule has 2 rings (SSSR count). The molecule has 7 heteroatoms. The van der Waals surface area contributed by atoms with Crippen LogP contribution >= 0.6 is 11.7 Å². The Hall–Kier alpha value is -2.02. The van der Waals surface area contributed by atoms with Gasteiger partial charge in [0.15, 0.2) is 0 Å². The second-order valence-electron chi connectivity index (χ2n) is 2.60. The van der Waals surface area contributed by atoms with E-state index in [1.165, 1.54) is 12.1 Å². The van der Waals surface area contributed by atoms with Gasteiger partial charge in [-0.25, -0.2) is 0 Å². The molecule has 0 spiro atoms. The van der Waals surface area contributed by atoms with Gasteiger partial charge in [-0.05, 0) is 18.2 Å². The average Bonchev–Trinajstić information content (AvgIpc) is 2.86. The Kier molecular flexibility index (Phi) is 2.55. The van der Waals surface area contributed by atoms with Crippen LogP contribution in [0.1, 0.15) is 11.5 Å². The molecule has 0 aliphatic heterocycles. The first-order valence-corrected chi connectivity index (χ1v) is 4.68. The van der Waals surface area contributed by atoms with E-state index in [0.717, 1.165) is 11.7 Å². The third-order valence-electron chi connectivity index (χ3n) is 1.59. The lowest BCUT2D eigenvalue weighted by Crippen LogP contribution is -1.82. The minimum Gasteiger partial charge on any atom is -0.401 e. The molecule has 0 saturated heterocycles. The second-order valence-corrected chi connectivity index (χ2v) is 3.16. The molecular weight excluding hydrogens is 218 g/mol. The Labute approximate surface area is 88.3 Å². The van der Waals surface area contributed by atoms with Crippen LogP contribution < -0.4 is 0 Å². The molecule has 0 saturated carbocycles. The van der Waals surface area contributed by atoms with E-state index in [2.05, 4.69) is 8.75 Å². The molecule has 2 heterocycles. The van der Waals surface area contributed by atoms with Crippen molar-refractivity contribution in [3.8, 4) is 0 Å². The van der Waals surface area contributed by atoms with Gasteiger partial charge in [0.1, 0.15) is 10.7 Å². The van der Waals surface area contributed by atoms with Gasteiger partial charge < -0.3 is 4.42 Å². The lowest BCUT2D eigenvalue weighted by atomic mass is 10.3. The largest absolute Gasteiger partial charge is 0.433 e. The molecule has 2 aromatic heterocycles. The van der Waals surface area contributed by atoms with Gasteiger partial charge in [0.05, 0.1) is 29.7 Å². The van der Waals surface area contributed by atoms with Crippen LogP contribution in [-0.4, -0.2) is 13.7 Å². The van der Waals surface area contributed by atoms with Crippen LogP contribution in [0.2, 0.25) is 0 Å². The molecule has 0 atom stereocenters. The quantitative estimate of drug-likeness (QED) is 0.588. The first-order chi connectivity index (χ1) is 7.25. The molecule has 0 bridgehead atoms. The summed E-state index contributed by atoms with van der Waals surface area (Å²) < 4.78 is 12.7. The molecule has 0 unspecified atom stereocenters. The molecule has 0 radical (unpaired) electrons. The van der Waals surface area contributed by atoms with Gasteiger partial charge in [-0.15, -0.1) is 0 Å². The van der Waals surface area contributed by atoms with E-state index < -0.39 is 4.92 Å². The van der Waals surface area contributed by atoms with E-state index in [-0.39, 0.29) is 5.88 Å². The molecule has 0 aliphatic carbocycles. The van der Waals surface area contributed by atoms with Gasteiger partial charge in [-0.3, -0.25) is 10.1 Å². The Morgan fingerprint density at radius 2 is 2.33 bits per heavy atom. The molecular formula is C8H5N3O3S. The van der Waals surface area contributed by atoms with Crippen molar-refractivity contribution >= 4 is 29.8 Å². The Balaban J connectivity index is 2.14. The van der Waals surface area contributed by atoms with Gasteiger partial charge in [-0.1, -0.05) is 0 Å². The maximum absolute atomic E-state index is 10.3. The average molecular weight is 223 g/mol. The van der Waals surface area contributed by atoms with Crippen molar-refractivity contribution in [2.45, 2.75) is 0 Å². The van der Waals surface area contributed by atoms with Crippen molar-refractivity contribution < 1.29 is 9.34 Å². The third-order valence-corrected chi connectivity index (χ3v) is 2.08. The highest BCUT2D eigenvalue weighted by Crippen LogP contribution is 2.17. The van der Waals surface area contributed by atoms with E-state index in [9.17, 15) is 10.1 Å². The van der Waals surface area contributed by atoms with Crippen LogP contribution in [0, 0.1) is 10.1 Å². The lowest BCUT2D eigenvalue weighted by molar-refractivity contribution is -0.402. The van der Waals surface area contributed by atoms with E-state index in [1.54, 1.807) is 18.3 Å². The summed E-state index contributed by atoms with van der Waals surface area (Å²) in [5.74, 6) is 0.140. The monoisotopic (exact) mass is 223 g/mol. The van der Waals surface area contributed by atoms with Crippen molar-refractivity contribution in [1.29, 1.82) is 0 Å². The summed E-state index contributed by atoms with van der Waals surface area (Å²) in [6.07, 6.45) is 4.87. The van der Waals surface area contributed by atoms with Crippen LogP contribution in [0.4, 0.5) is 5.88 Å². The smallest absolute Gasteiger partial charge is 0.401 e. The SMILES string of the molecule is O=[N+]([O-])c1ccc(/C=C/c2cnsn2)o1. The number of furan rings is 1. The number of rotatable bonds is 3. The predicted octanol–water partition coefficient (Wildman–Crippen LogP) is 2.21. The number of nitro groups is 1. The first kappa shape index (κ1) is 9.53. The van der Waals surface area contributed by atoms with E-state index >= 15 is 0 Å². The molecule has 0 N–H and O–H groups in total. The Morgan fingerprint density at radius 1 is 1.47 bits per heavy atom. The second kappa shape index (κ2) is 4.01. The molecule has 6 nitrogen and oxygen atoms in total. The molecule has 0 amide bonds. The van der Waals surface area contributed by atoms with Gasteiger partial charge in [-0.2, -0.15) is 8.75 Å². The number of hydrogen-bond acceptors (Lipinski definition) is 6. The number of hydrogen-bond donors (Lipinski definition) is 0. The summed E-state index contributed by atoms with van der Waals surface area (Å²) in [6.45, 7) is 0. The molecule has 0 aliphatic rings. The highest BCUT2D eigenvalue weighted by molar-refractivity contribution is 6.99. The fraction of sp³-hybridized carbons (Fsp3) is 0. The zero-order chi connectivity index (χ0) is 10.7. The summed E-state index contributed by atoms with van der Waals surface area (Å²) >= 11 is 1.09. The highest BCUT2D eigenvalue weighted by Gasteiger charge is 2.09. The van der Waals surface area contributed by atoms with Crippen molar-refractivity contribution in [2.24, 2.45) is 0 Å². The fourth-order valence-corrected chi connectivity index (χ4v) is 1.35. The van der Waals surface area contributed by atoms with Crippen LogP contribution in [-0.2, 0) is 0 Å². The van der Waals surface area contributed by atoms with Gasteiger partial charge in [0.2, 0.25) is 0 Å². The van der Waals surface area contributed by atoms with Crippen LogP contribution in [0.3, 0.4) is 0 Å². The summed E-state index contributed by atoms with van der Waals surface area (Å²) in [4.78, 5) is 9.73. The Bertz CT molecular complexity index is 489. The molecule has 76 valence electrons. The topological polar surface area (TPSA) is 82.1 Å². The van der Waals surface area contributed by atoms with Crippen molar-refractivity contribution in [3.63, 3.8) is 0 Å². The van der Waals surface area contributed by atoms with E-state index in [0.29, 0.717) is 11.5 Å². The predicted molar refractivity (Wildman–Crippen MR) is 54.2 cm³/mol. The molecule has 0 fully saturated rings. The minimum absolute atomic E-state index is 0.272. The standard InChI is InChI=1S/C8H5N3O3S/c12-11(13)8-4-3-7(14-8)2-1-6-5-9-15-10-6/h1-5H/b2-1+. The Morgan fingerprint density at radius 3 is 2.93 bits per heavy atom. The maximum Gasteiger partial charge on any atom is 0.433 e. The van der Waals surface area contributed by atoms with Crippen molar-refractivity contribution in [1.82, 2.24) is 8.75 Å². The van der Waals surface area contributed by atoms with Crippen LogP contribution in [0.5, 0.6) is 0 Å². The minimum atomic E-state index is -0.582. The molecule has 2 aromatic rings. The number of nitrogens with zero attached hydrogens (tertiary/aromatic N) is 3. The zero-order valence-electron chi connectivity index (χ0n) is 7.36. The maximum atomic E-state index is 10.3. The van der Waals surface area contributed by atoms with E-state index in [4.69, 9.17) is 4.42 Å². The van der Waals surface area contributed by atoms with Crippen LogP contribution in [0.25, 0.3) is 12.2 Å². The van der Waals surface area contributed by atoms with Crippen molar-refractivity contribution in [3.05, 3.63) is 39.9 Å². The van der Waals surface area contributed by atoms with Gasteiger partial charge >= 0.3 is 5.88 Å². The van der Waals surface area contributed by atoms with Crippen molar-refractivity contribution in [2.75, 3.05) is 0 Å². The lowest BCUT2D eigenvalue weighted by Gasteiger charge is -1.83. The zero-order valence-corrected chi connectivity index (χ0v) is 8.18. The summed E-state index contributed by atoms with van der Waals surface area (Å²) in [5.41, 5.74) is 0.694. The fourth-order valence-electron chi connectivity index (χ4n) is 0.943. The summed E-state index contributed by atoms with van der Waals surface area (Å²) in [5, 5.41) is 10.3. The summed E-state index contributed by atoms with van der Waals surface area (Å²) in [6, 6.07) is 2.83. The van der Waals surface area contributed by atoms with Crippen LogP contribution in [0.15, 0.2) is 22.7 Å². The highest BCUT2D eigenvalue weighted by atomic mass is 32.1.